The summed E-state index contributed by atoms with van der Waals surface area (Å²) in [5.74, 6) is 0. The molecule has 0 fully saturated rings. The van der Waals surface area contributed by atoms with Crippen molar-refractivity contribution in [2.45, 2.75) is 18.6 Å². The Morgan fingerprint density at radius 3 is 2.05 bits per heavy atom. The first-order valence-electron chi connectivity index (χ1n) is 7.43. The van der Waals surface area contributed by atoms with E-state index < -0.39 is 8.32 Å². The van der Waals surface area contributed by atoms with Crippen molar-refractivity contribution in [3.8, 4) is 0 Å². The van der Waals surface area contributed by atoms with Crippen molar-refractivity contribution in [1.82, 2.24) is 0 Å². The molecule has 0 bridgehead atoms. The number of allylic oxidation sites excluding steroid dienone is 1. The maximum atomic E-state index is 6.65. The monoisotopic (exact) mass is 292 g/mol. The first kappa shape index (κ1) is 14.1. The molecule has 1 atom stereocenters. The fourth-order valence-electron chi connectivity index (χ4n) is 2.98. The van der Waals surface area contributed by atoms with Crippen LogP contribution in [0.5, 0.6) is 0 Å². The molecule has 2 heteroatoms. The van der Waals surface area contributed by atoms with Crippen LogP contribution in [0.3, 0.4) is 0 Å². The molecule has 3 rings (SSSR count). The second-order valence-electron chi connectivity index (χ2n) is 5.34. The van der Waals surface area contributed by atoms with Crippen LogP contribution < -0.4 is 10.4 Å². The van der Waals surface area contributed by atoms with Crippen molar-refractivity contribution in [3.63, 3.8) is 0 Å². The molecule has 0 N–H and O–H groups in total. The number of hydrogen-bond acceptors (Lipinski definition) is 1. The molecule has 1 aliphatic rings. The molecule has 0 aromatic heterocycles. The minimum atomic E-state index is -2.20. The lowest BCUT2D eigenvalue weighted by Crippen LogP contribution is -2.61. The van der Waals surface area contributed by atoms with Crippen LogP contribution in [0.1, 0.15) is 6.42 Å². The predicted molar refractivity (Wildman–Crippen MR) is 91.5 cm³/mol. The van der Waals surface area contributed by atoms with Gasteiger partial charge in [0, 0.05) is 0 Å². The average molecular weight is 292 g/mol. The van der Waals surface area contributed by atoms with Gasteiger partial charge in [0.05, 0.1) is 6.10 Å². The van der Waals surface area contributed by atoms with Crippen molar-refractivity contribution in [1.29, 1.82) is 0 Å². The van der Waals surface area contributed by atoms with E-state index in [1.54, 1.807) is 0 Å². The Morgan fingerprint density at radius 1 is 0.952 bits per heavy atom. The van der Waals surface area contributed by atoms with Gasteiger partial charge >= 0.3 is 0 Å². The summed E-state index contributed by atoms with van der Waals surface area (Å²) in [5, 5.41) is 2.68. The van der Waals surface area contributed by atoms with Crippen molar-refractivity contribution in [2.24, 2.45) is 0 Å². The van der Waals surface area contributed by atoms with E-state index in [9.17, 15) is 0 Å². The third kappa shape index (κ3) is 2.78. The van der Waals surface area contributed by atoms with Crippen LogP contribution in [-0.4, -0.2) is 14.4 Å². The van der Waals surface area contributed by atoms with Gasteiger partial charge in [0.2, 0.25) is 0 Å². The van der Waals surface area contributed by atoms with Gasteiger partial charge in [0.1, 0.15) is 0 Å². The summed E-state index contributed by atoms with van der Waals surface area (Å²) >= 11 is 0. The maximum Gasteiger partial charge on any atom is 0.257 e. The molecular weight excluding hydrogens is 272 g/mol. The van der Waals surface area contributed by atoms with Crippen LogP contribution in [0.4, 0.5) is 0 Å². The lowest BCUT2D eigenvalue weighted by molar-refractivity contribution is 0.297. The van der Waals surface area contributed by atoms with Crippen LogP contribution in [0.2, 0.25) is 6.04 Å². The molecule has 21 heavy (non-hydrogen) atoms. The molecule has 0 radical (unpaired) electrons. The molecule has 2 aromatic rings. The van der Waals surface area contributed by atoms with E-state index in [4.69, 9.17) is 4.43 Å². The largest absolute Gasteiger partial charge is 0.398 e. The minimum absolute atomic E-state index is 0.000390. The summed E-state index contributed by atoms with van der Waals surface area (Å²) in [5.41, 5.74) is 0. The van der Waals surface area contributed by atoms with Gasteiger partial charge in [-0.05, 0) is 22.8 Å². The van der Waals surface area contributed by atoms with Gasteiger partial charge in [-0.1, -0.05) is 78.9 Å². The highest BCUT2D eigenvalue weighted by atomic mass is 28.4. The van der Waals surface area contributed by atoms with Gasteiger partial charge in [0.15, 0.2) is 0 Å². The van der Waals surface area contributed by atoms with E-state index in [0.717, 1.165) is 12.5 Å². The number of hydrogen-bond donors (Lipinski definition) is 0. The molecule has 1 unspecified atom stereocenters. The van der Waals surface area contributed by atoms with E-state index in [-0.39, 0.29) is 6.10 Å². The Bertz CT molecular complexity index is 579. The van der Waals surface area contributed by atoms with Crippen molar-refractivity contribution in [2.75, 3.05) is 0 Å². The molecule has 106 valence electrons. The Hall–Kier alpha value is -1.90. The highest BCUT2D eigenvalue weighted by molar-refractivity contribution is 6.97. The van der Waals surface area contributed by atoms with Crippen LogP contribution in [0, 0.1) is 0 Å². The van der Waals surface area contributed by atoms with Gasteiger partial charge < -0.3 is 4.43 Å². The smallest absolute Gasteiger partial charge is 0.257 e. The van der Waals surface area contributed by atoms with Crippen LogP contribution in [-0.2, 0) is 4.43 Å². The molecule has 1 heterocycles. The molecule has 0 amide bonds. The Labute approximate surface area is 127 Å². The first-order chi connectivity index (χ1) is 10.3. The second-order valence-corrected chi connectivity index (χ2v) is 8.89. The van der Waals surface area contributed by atoms with E-state index in [1.165, 1.54) is 10.4 Å². The Balaban J connectivity index is 2.13. The average Bonchev–Trinajstić information content (AvgIpc) is 2.80. The third-order valence-electron chi connectivity index (χ3n) is 4.04. The topological polar surface area (TPSA) is 9.23 Å². The molecule has 0 saturated carbocycles. The Morgan fingerprint density at radius 2 is 1.52 bits per heavy atom. The lowest BCUT2D eigenvalue weighted by atomic mass is 10.3. The zero-order chi connectivity index (χ0) is 14.5. The standard InChI is InChI=1S/C19H20OSi/c1-2-17-11-9-10-16-21(20-17,18-12-5-3-6-13-18)19-14-7-4-8-15-19/h2-9,11-15,17H,1,10,16H2. The molecule has 0 aliphatic carbocycles. The molecule has 0 spiro atoms. The molecule has 0 saturated heterocycles. The van der Waals surface area contributed by atoms with Gasteiger partial charge in [-0.15, -0.1) is 6.58 Å². The SMILES string of the molecule is C=CC1C=CCC[Si](c2ccccc2)(c2ccccc2)O1. The van der Waals surface area contributed by atoms with Gasteiger partial charge in [-0.25, -0.2) is 0 Å². The highest BCUT2D eigenvalue weighted by Gasteiger charge is 2.41. The van der Waals surface area contributed by atoms with Crippen LogP contribution in [0.25, 0.3) is 0 Å². The van der Waals surface area contributed by atoms with E-state index in [1.807, 2.05) is 6.08 Å². The van der Waals surface area contributed by atoms with Crippen molar-refractivity contribution < 1.29 is 4.43 Å². The Kier molecular flexibility index (Phi) is 4.18. The maximum absolute atomic E-state index is 6.65. The summed E-state index contributed by atoms with van der Waals surface area (Å²) in [6.45, 7) is 3.92. The summed E-state index contributed by atoms with van der Waals surface area (Å²) in [6.07, 6.45) is 7.32. The summed E-state index contributed by atoms with van der Waals surface area (Å²) < 4.78 is 6.65. The third-order valence-corrected chi connectivity index (χ3v) is 8.24. The first-order valence-corrected chi connectivity index (χ1v) is 9.55. The van der Waals surface area contributed by atoms with Gasteiger partial charge in [-0.3, -0.25) is 0 Å². The lowest BCUT2D eigenvalue weighted by Gasteiger charge is -2.33. The molecule has 1 aliphatic heterocycles. The van der Waals surface area contributed by atoms with Gasteiger partial charge in [0.25, 0.3) is 8.32 Å². The fraction of sp³-hybridized carbons (Fsp3) is 0.158. The normalized spacial score (nSPS) is 20.7. The van der Waals surface area contributed by atoms with Gasteiger partial charge in [-0.2, -0.15) is 0 Å². The summed E-state index contributed by atoms with van der Waals surface area (Å²) in [7, 11) is -2.20. The number of rotatable bonds is 3. The van der Waals surface area contributed by atoms with E-state index in [0.29, 0.717) is 0 Å². The van der Waals surface area contributed by atoms with Crippen molar-refractivity contribution in [3.05, 3.63) is 85.5 Å². The molecule has 2 aromatic carbocycles. The second kappa shape index (κ2) is 6.25. The summed E-state index contributed by atoms with van der Waals surface area (Å²) in [4.78, 5) is 0. The van der Waals surface area contributed by atoms with E-state index in [2.05, 4.69) is 79.4 Å². The van der Waals surface area contributed by atoms with Crippen molar-refractivity contribution >= 4 is 18.7 Å². The number of benzene rings is 2. The fourth-order valence-corrected chi connectivity index (χ4v) is 6.96. The molecular formula is C19H20OSi. The molecule has 1 nitrogen and oxygen atoms in total. The summed E-state index contributed by atoms with van der Waals surface area (Å²) in [6, 6.07) is 22.5. The predicted octanol–water partition coefficient (Wildman–Crippen LogP) is 3.28. The van der Waals surface area contributed by atoms with Crippen LogP contribution >= 0.6 is 0 Å². The zero-order valence-electron chi connectivity index (χ0n) is 12.1. The quantitative estimate of drug-likeness (QED) is 0.623. The van der Waals surface area contributed by atoms with E-state index >= 15 is 0 Å². The highest BCUT2D eigenvalue weighted by Crippen LogP contribution is 2.22. The minimum Gasteiger partial charge on any atom is -0.398 e. The zero-order valence-corrected chi connectivity index (χ0v) is 13.1. The van der Waals surface area contributed by atoms with Crippen LogP contribution in [0.15, 0.2) is 85.5 Å².